The lowest BCUT2D eigenvalue weighted by Crippen LogP contribution is -2.21. The van der Waals surface area contributed by atoms with Gasteiger partial charge in [0, 0.05) is 28.9 Å². The molecule has 1 atom stereocenters. The predicted octanol–water partition coefficient (Wildman–Crippen LogP) is 4.20. The van der Waals surface area contributed by atoms with Crippen LogP contribution in [0, 0.1) is 5.92 Å². The van der Waals surface area contributed by atoms with Crippen LogP contribution in [0.25, 0.3) is 0 Å². The molecular formula is C14H20BrNO. The summed E-state index contributed by atoms with van der Waals surface area (Å²) in [6.07, 6.45) is 3.93. The molecule has 0 saturated heterocycles. The van der Waals surface area contributed by atoms with Crippen molar-refractivity contribution < 1.29 is 4.74 Å². The van der Waals surface area contributed by atoms with E-state index < -0.39 is 0 Å². The zero-order valence-corrected chi connectivity index (χ0v) is 12.1. The van der Waals surface area contributed by atoms with Crippen molar-refractivity contribution in [2.45, 2.75) is 38.8 Å². The van der Waals surface area contributed by atoms with Crippen molar-refractivity contribution in [3.8, 4) is 0 Å². The van der Waals surface area contributed by atoms with Crippen molar-refractivity contribution >= 4 is 21.6 Å². The van der Waals surface area contributed by atoms with Crippen LogP contribution < -0.4 is 5.32 Å². The molecule has 17 heavy (non-hydrogen) atoms. The van der Waals surface area contributed by atoms with Gasteiger partial charge in [-0.1, -0.05) is 28.9 Å². The highest BCUT2D eigenvalue weighted by Crippen LogP contribution is 2.36. The van der Waals surface area contributed by atoms with Crippen LogP contribution in [-0.2, 0) is 11.3 Å². The molecule has 0 amide bonds. The number of ether oxygens (including phenoxy) is 1. The molecule has 1 aromatic carbocycles. The van der Waals surface area contributed by atoms with E-state index in [0.717, 1.165) is 10.4 Å². The largest absolute Gasteiger partial charge is 0.382 e. The number of benzene rings is 1. The highest BCUT2D eigenvalue weighted by atomic mass is 79.9. The quantitative estimate of drug-likeness (QED) is 0.850. The molecule has 0 aromatic heterocycles. The Morgan fingerprint density at radius 3 is 2.82 bits per heavy atom. The number of methoxy groups -OCH3 is 1. The lowest BCUT2D eigenvalue weighted by atomic mass is 10.1. The van der Waals surface area contributed by atoms with Crippen LogP contribution in [0.3, 0.4) is 0 Å². The smallest absolute Gasteiger partial charge is 0.0744 e. The van der Waals surface area contributed by atoms with E-state index >= 15 is 0 Å². The van der Waals surface area contributed by atoms with E-state index in [1.54, 1.807) is 7.11 Å². The second kappa shape index (κ2) is 5.87. The van der Waals surface area contributed by atoms with Crippen LogP contribution in [0.2, 0.25) is 0 Å². The fourth-order valence-electron chi connectivity index (χ4n) is 2.24. The fourth-order valence-corrected chi connectivity index (χ4v) is 2.72. The summed E-state index contributed by atoms with van der Waals surface area (Å²) >= 11 is 3.59. The maximum atomic E-state index is 5.27. The summed E-state index contributed by atoms with van der Waals surface area (Å²) in [5.41, 5.74) is 2.43. The van der Waals surface area contributed by atoms with Crippen molar-refractivity contribution in [2.75, 3.05) is 12.4 Å². The van der Waals surface area contributed by atoms with E-state index in [-0.39, 0.29) is 0 Å². The maximum Gasteiger partial charge on any atom is 0.0744 e. The van der Waals surface area contributed by atoms with Gasteiger partial charge in [0.05, 0.1) is 6.61 Å². The van der Waals surface area contributed by atoms with Crippen molar-refractivity contribution in [1.29, 1.82) is 0 Å². The fraction of sp³-hybridized carbons (Fsp3) is 0.571. The van der Waals surface area contributed by atoms with Crippen molar-refractivity contribution in [1.82, 2.24) is 0 Å². The average molecular weight is 298 g/mol. The van der Waals surface area contributed by atoms with E-state index in [4.69, 9.17) is 4.74 Å². The Kier molecular flexibility index (Phi) is 4.46. The van der Waals surface area contributed by atoms with Gasteiger partial charge in [0.2, 0.25) is 0 Å². The molecule has 1 N–H and O–H groups in total. The molecule has 2 rings (SSSR count). The highest BCUT2D eigenvalue weighted by Gasteiger charge is 2.30. The number of nitrogens with one attached hydrogen (secondary N) is 1. The van der Waals surface area contributed by atoms with E-state index in [0.29, 0.717) is 12.6 Å². The average Bonchev–Trinajstić information content (AvgIpc) is 3.14. The lowest BCUT2D eigenvalue weighted by Gasteiger charge is -2.20. The summed E-state index contributed by atoms with van der Waals surface area (Å²) in [6, 6.07) is 6.90. The SMILES string of the molecule is CCC(Nc1cccc(Br)c1COC)C1CC1. The third-order valence-electron chi connectivity index (χ3n) is 3.38. The van der Waals surface area contributed by atoms with Crippen LogP contribution in [0.5, 0.6) is 0 Å². The predicted molar refractivity (Wildman–Crippen MR) is 75.3 cm³/mol. The molecule has 2 nitrogen and oxygen atoms in total. The topological polar surface area (TPSA) is 21.3 Å². The maximum absolute atomic E-state index is 5.27. The lowest BCUT2D eigenvalue weighted by molar-refractivity contribution is 0.185. The number of rotatable bonds is 6. The molecule has 0 radical (unpaired) electrons. The van der Waals surface area contributed by atoms with Gasteiger partial charge in [-0.25, -0.2) is 0 Å². The Hall–Kier alpha value is -0.540. The summed E-state index contributed by atoms with van der Waals surface area (Å²) in [7, 11) is 1.74. The first-order valence-corrected chi connectivity index (χ1v) is 7.08. The molecule has 0 heterocycles. The third kappa shape index (κ3) is 3.23. The Morgan fingerprint density at radius 1 is 1.47 bits per heavy atom. The minimum Gasteiger partial charge on any atom is -0.382 e. The highest BCUT2D eigenvalue weighted by molar-refractivity contribution is 9.10. The van der Waals surface area contributed by atoms with Crippen LogP contribution in [0.1, 0.15) is 31.7 Å². The zero-order chi connectivity index (χ0) is 12.3. The molecule has 1 aromatic rings. The molecule has 1 saturated carbocycles. The van der Waals surface area contributed by atoms with E-state index in [1.165, 1.54) is 30.5 Å². The summed E-state index contributed by atoms with van der Waals surface area (Å²) in [5.74, 6) is 0.870. The number of hydrogen-bond donors (Lipinski definition) is 1. The Morgan fingerprint density at radius 2 is 2.24 bits per heavy atom. The molecule has 0 bridgehead atoms. The molecule has 1 aliphatic carbocycles. The van der Waals surface area contributed by atoms with Crippen LogP contribution in [0.4, 0.5) is 5.69 Å². The molecule has 1 unspecified atom stereocenters. The van der Waals surface area contributed by atoms with Gasteiger partial charge >= 0.3 is 0 Å². The second-order valence-corrected chi connectivity index (χ2v) is 5.55. The zero-order valence-electron chi connectivity index (χ0n) is 10.5. The van der Waals surface area contributed by atoms with Gasteiger partial charge in [-0.05, 0) is 37.3 Å². The van der Waals surface area contributed by atoms with Crippen LogP contribution >= 0.6 is 15.9 Å². The number of hydrogen-bond acceptors (Lipinski definition) is 2. The van der Waals surface area contributed by atoms with Gasteiger partial charge in [0.25, 0.3) is 0 Å². The van der Waals surface area contributed by atoms with Gasteiger partial charge in [-0.2, -0.15) is 0 Å². The molecule has 94 valence electrons. The summed E-state index contributed by atoms with van der Waals surface area (Å²) < 4.78 is 6.39. The van der Waals surface area contributed by atoms with E-state index in [9.17, 15) is 0 Å². The van der Waals surface area contributed by atoms with E-state index in [1.807, 2.05) is 0 Å². The standard InChI is InChI=1S/C14H20BrNO/c1-3-13(10-7-8-10)16-14-6-4-5-12(15)11(14)9-17-2/h4-6,10,13,16H,3,7-9H2,1-2H3. The molecule has 1 fully saturated rings. The molecular weight excluding hydrogens is 278 g/mol. The monoisotopic (exact) mass is 297 g/mol. The second-order valence-electron chi connectivity index (χ2n) is 4.70. The first kappa shape index (κ1) is 12.9. The van der Waals surface area contributed by atoms with Gasteiger partial charge in [-0.15, -0.1) is 0 Å². The number of anilines is 1. The van der Waals surface area contributed by atoms with Gasteiger partial charge in [0.15, 0.2) is 0 Å². The summed E-state index contributed by atoms with van der Waals surface area (Å²) in [4.78, 5) is 0. The van der Waals surface area contributed by atoms with Gasteiger partial charge in [-0.3, -0.25) is 0 Å². The summed E-state index contributed by atoms with van der Waals surface area (Å²) in [5, 5.41) is 3.67. The van der Waals surface area contributed by atoms with Crippen LogP contribution in [-0.4, -0.2) is 13.2 Å². The Balaban J connectivity index is 2.15. The Labute approximate surface area is 112 Å². The van der Waals surface area contributed by atoms with Gasteiger partial charge < -0.3 is 10.1 Å². The first-order valence-electron chi connectivity index (χ1n) is 6.29. The van der Waals surface area contributed by atoms with Crippen molar-refractivity contribution in [3.63, 3.8) is 0 Å². The minimum atomic E-state index is 0.611. The molecule has 3 heteroatoms. The van der Waals surface area contributed by atoms with Crippen molar-refractivity contribution in [2.24, 2.45) is 5.92 Å². The third-order valence-corrected chi connectivity index (χ3v) is 4.12. The Bertz CT molecular complexity index is 376. The normalized spacial score (nSPS) is 16.9. The van der Waals surface area contributed by atoms with Gasteiger partial charge in [0.1, 0.15) is 0 Å². The minimum absolute atomic E-state index is 0.611. The molecule has 0 aliphatic heterocycles. The van der Waals surface area contributed by atoms with E-state index in [2.05, 4.69) is 46.4 Å². The first-order chi connectivity index (χ1) is 8.26. The van der Waals surface area contributed by atoms with Crippen molar-refractivity contribution in [3.05, 3.63) is 28.2 Å². The van der Waals surface area contributed by atoms with Crippen LogP contribution in [0.15, 0.2) is 22.7 Å². The molecule has 0 spiro atoms. The molecule has 1 aliphatic rings. The number of halogens is 1. The summed E-state index contributed by atoms with van der Waals surface area (Å²) in [6.45, 7) is 2.90.